The normalized spacial score (nSPS) is 28.7. The van der Waals surface area contributed by atoms with E-state index in [1.807, 2.05) is 0 Å². The third-order valence-corrected chi connectivity index (χ3v) is 4.15. The van der Waals surface area contributed by atoms with Gasteiger partial charge in [-0.05, 0) is 32.1 Å². The molecule has 0 bridgehead atoms. The van der Waals surface area contributed by atoms with E-state index in [-0.39, 0.29) is 17.2 Å². The Kier molecular flexibility index (Phi) is 3.05. The summed E-state index contributed by atoms with van der Waals surface area (Å²) >= 11 is 0. The van der Waals surface area contributed by atoms with Gasteiger partial charge in [0.05, 0.1) is 0 Å². The molecule has 0 heterocycles. The van der Waals surface area contributed by atoms with Gasteiger partial charge in [0, 0.05) is 13.0 Å². The molecule has 0 aliphatic heterocycles. The molecule has 2 unspecified atom stereocenters. The number of carbonyl (C=O) groups is 2. The number of hydrogen-bond donors (Lipinski definition) is 1. The van der Waals surface area contributed by atoms with E-state index in [2.05, 4.69) is 13.8 Å². The molecule has 0 saturated heterocycles. The average Bonchev–Trinajstić information content (AvgIpc) is 2.89. The largest absolute Gasteiger partial charge is 0.480 e. The van der Waals surface area contributed by atoms with Crippen molar-refractivity contribution in [3.63, 3.8) is 0 Å². The Labute approximate surface area is 96.6 Å². The van der Waals surface area contributed by atoms with Gasteiger partial charge in [0.15, 0.2) is 0 Å². The van der Waals surface area contributed by atoms with Crippen LogP contribution in [0.5, 0.6) is 0 Å². The first-order valence-electron chi connectivity index (χ1n) is 5.68. The highest BCUT2D eigenvalue weighted by atomic mass is 16.4. The molecule has 1 saturated carbocycles. The van der Waals surface area contributed by atoms with Crippen LogP contribution in [0.2, 0.25) is 0 Å². The third kappa shape index (κ3) is 1.93. The molecule has 0 aromatic carbocycles. The quantitative estimate of drug-likeness (QED) is 0.796. The topological polar surface area (TPSA) is 57.6 Å². The summed E-state index contributed by atoms with van der Waals surface area (Å²) in [6, 6.07) is 0. The number of aliphatic carboxylic acids is 1. The van der Waals surface area contributed by atoms with Gasteiger partial charge in [-0.25, -0.2) is 4.79 Å². The molecule has 4 heteroatoms. The van der Waals surface area contributed by atoms with Crippen molar-refractivity contribution in [1.29, 1.82) is 0 Å². The molecule has 2 atom stereocenters. The maximum absolute atomic E-state index is 12.1. The van der Waals surface area contributed by atoms with Gasteiger partial charge in [-0.1, -0.05) is 13.8 Å². The molecule has 1 amide bonds. The zero-order valence-corrected chi connectivity index (χ0v) is 10.7. The molecular weight excluding hydrogens is 206 g/mol. The molecule has 1 aliphatic carbocycles. The van der Waals surface area contributed by atoms with Crippen molar-refractivity contribution in [3.8, 4) is 0 Å². The molecule has 1 aliphatic rings. The average molecular weight is 227 g/mol. The van der Waals surface area contributed by atoms with Crippen LogP contribution < -0.4 is 0 Å². The minimum Gasteiger partial charge on any atom is -0.480 e. The van der Waals surface area contributed by atoms with Gasteiger partial charge in [0.1, 0.15) is 5.54 Å². The van der Waals surface area contributed by atoms with Crippen molar-refractivity contribution in [2.45, 2.75) is 46.1 Å². The predicted octanol–water partition coefficient (Wildman–Crippen LogP) is 1.74. The minimum absolute atomic E-state index is 0.00104. The molecule has 16 heavy (non-hydrogen) atoms. The van der Waals surface area contributed by atoms with Gasteiger partial charge in [-0.2, -0.15) is 0 Å². The van der Waals surface area contributed by atoms with Crippen LogP contribution in [0.4, 0.5) is 0 Å². The maximum Gasteiger partial charge on any atom is 0.329 e. The zero-order chi connectivity index (χ0) is 12.7. The van der Waals surface area contributed by atoms with E-state index >= 15 is 0 Å². The second kappa shape index (κ2) is 3.75. The number of carbonyl (C=O) groups excluding carboxylic acids is 1. The highest BCUT2D eigenvalue weighted by Gasteiger charge is 2.55. The lowest BCUT2D eigenvalue weighted by Crippen LogP contribution is -2.51. The lowest BCUT2D eigenvalue weighted by atomic mass is 9.99. The van der Waals surface area contributed by atoms with Crippen molar-refractivity contribution < 1.29 is 14.7 Å². The molecular formula is C12H21NO3. The van der Waals surface area contributed by atoms with Crippen LogP contribution in [0.25, 0.3) is 0 Å². The summed E-state index contributed by atoms with van der Waals surface area (Å²) < 4.78 is 0. The molecule has 1 rings (SSSR count). The fourth-order valence-electron chi connectivity index (χ4n) is 1.84. The van der Waals surface area contributed by atoms with Gasteiger partial charge >= 0.3 is 5.97 Å². The Bertz CT molecular complexity index is 324. The van der Waals surface area contributed by atoms with Crippen molar-refractivity contribution in [2.75, 3.05) is 7.05 Å². The van der Waals surface area contributed by atoms with Crippen LogP contribution in [0, 0.1) is 11.3 Å². The van der Waals surface area contributed by atoms with Crippen molar-refractivity contribution in [1.82, 2.24) is 4.90 Å². The Morgan fingerprint density at radius 3 is 2.31 bits per heavy atom. The van der Waals surface area contributed by atoms with Crippen LogP contribution in [-0.2, 0) is 9.59 Å². The van der Waals surface area contributed by atoms with E-state index in [0.717, 1.165) is 12.8 Å². The molecule has 1 N–H and O–H groups in total. The first-order chi connectivity index (χ1) is 7.16. The summed E-state index contributed by atoms with van der Waals surface area (Å²) in [5.74, 6) is -1.01. The lowest BCUT2D eigenvalue weighted by molar-refractivity contribution is -0.156. The van der Waals surface area contributed by atoms with Gasteiger partial charge in [0.2, 0.25) is 5.91 Å². The highest BCUT2D eigenvalue weighted by molar-refractivity contribution is 5.89. The van der Waals surface area contributed by atoms with Crippen LogP contribution in [-0.4, -0.2) is 34.5 Å². The molecule has 92 valence electrons. The Morgan fingerprint density at radius 1 is 1.50 bits per heavy atom. The maximum atomic E-state index is 12.1. The monoisotopic (exact) mass is 227 g/mol. The van der Waals surface area contributed by atoms with Crippen LogP contribution in [0.15, 0.2) is 0 Å². The SMILES string of the molecule is CCC1(C)CC1C(=O)N(C)C(C)(C)C(=O)O. The second-order valence-electron chi connectivity index (χ2n) is 5.53. The third-order valence-electron chi connectivity index (χ3n) is 4.15. The van der Waals surface area contributed by atoms with Gasteiger partial charge in [0.25, 0.3) is 0 Å². The molecule has 1 fully saturated rings. The van der Waals surface area contributed by atoms with E-state index in [1.54, 1.807) is 20.9 Å². The summed E-state index contributed by atoms with van der Waals surface area (Å²) in [6.45, 7) is 7.25. The first-order valence-corrected chi connectivity index (χ1v) is 5.68. The summed E-state index contributed by atoms with van der Waals surface area (Å²) in [5.41, 5.74) is -1.05. The van der Waals surface area contributed by atoms with Gasteiger partial charge in [-0.15, -0.1) is 0 Å². The molecule has 0 spiro atoms. The van der Waals surface area contributed by atoms with Gasteiger partial charge in [-0.3, -0.25) is 4.79 Å². The Balaban J connectivity index is 2.74. The second-order valence-corrected chi connectivity index (χ2v) is 5.53. The van der Waals surface area contributed by atoms with E-state index in [4.69, 9.17) is 5.11 Å². The van der Waals surface area contributed by atoms with Gasteiger partial charge < -0.3 is 10.0 Å². The van der Waals surface area contributed by atoms with Crippen molar-refractivity contribution in [3.05, 3.63) is 0 Å². The minimum atomic E-state index is -1.13. The smallest absolute Gasteiger partial charge is 0.329 e. The van der Waals surface area contributed by atoms with Crippen LogP contribution >= 0.6 is 0 Å². The number of nitrogens with zero attached hydrogens (tertiary/aromatic N) is 1. The van der Waals surface area contributed by atoms with Crippen LogP contribution in [0.3, 0.4) is 0 Å². The van der Waals surface area contributed by atoms with E-state index in [0.29, 0.717) is 0 Å². The summed E-state index contributed by atoms with van der Waals surface area (Å²) in [7, 11) is 1.57. The zero-order valence-electron chi connectivity index (χ0n) is 10.7. The number of carboxylic acid groups (broad SMARTS) is 1. The summed E-state index contributed by atoms with van der Waals surface area (Å²) in [5, 5.41) is 9.06. The predicted molar refractivity (Wildman–Crippen MR) is 61.0 cm³/mol. The van der Waals surface area contributed by atoms with E-state index < -0.39 is 11.5 Å². The lowest BCUT2D eigenvalue weighted by Gasteiger charge is -2.32. The standard InChI is InChI=1S/C12H21NO3/c1-6-12(4)7-8(12)9(14)13(5)11(2,3)10(15)16/h8H,6-7H2,1-5H3,(H,15,16). The molecule has 0 aromatic rings. The van der Waals surface area contributed by atoms with E-state index in [1.165, 1.54) is 4.90 Å². The molecule has 0 aromatic heterocycles. The fraction of sp³-hybridized carbons (Fsp3) is 0.833. The number of carboxylic acids is 1. The van der Waals surface area contributed by atoms with E-state index in [9.17, 15) is 9.59 Å². The number of likely N-dealkylation sites (N-methyl/N-ethyl adjacent to an activating group) is 1. The fourth-order valence-corrected chi connectivity index (χ4v) is 1.84. The number of rotatable bonds is 4. The molecule has 4 nitrogen and oxygen atoms in total. The number of amides is 1. The summed E-state index contributed by atoms with van der Waals surface area (Å²) in [4.78, 5) is 24.5. The van der Waals surface area contributed by atoms with Crippen molar-refractivity contribution in [2.24, 2.45) is 11.3 Å². The Morgan fingerprint density at radius 2 is 2.00 bits per heavy atom. The number of hydrogen-bond acceptors (Lipinski definition) is 2. The summed E-state index contributed by atoms with van der Waals surface area (Å²) in [6.07, 6.45) is 1.84. The molecule has 0 radical (unpaired) electrons. The van der Waals surface area contributed by atoms with Crippen LogP contribution in [0.1, 0.15) is 40.5 Å². The highest BCUT2D eigenvalue weighted by Crippen LogP contribution is 2.55. The Hall–Kier alpha value is -1.06. The van der Waals surface area contributed by atoms with Crippen molar-refractivity contribution >= 4 is 11.9 Å². The first kappa shape index (κ1) is 13.0.